The van der Waals surface area contributed by atoms with Crippen LogP contribution in [0, 0.1) is 17.2 Å². The molecule has 1 fully saturated rings. The lowest BCUT2D eigenvalue weighted by molar-refractivity contribution is -0.130. The molecule has 1 amide bonds. The quantitative estimate of drug-likeness (QED) is 0.703. The van der Waals surface area contributed by atoms with Crippen LogP contribution in [0.4, 0.5) is 0 Å². The van der Waals surface area contributed by atoms with E-state index in [9.17, 15) is 10.1 Å². The number of para-hydroxylation sites is 1. The van der Waals surface area contributed by atoms with Crippen LogP contribution < -0.4 is 14.8 Å². The number of rotatable bonds is 8. The van der Waals surface area contributed by atoms with Crippen LogP contribution in [0.5, 0.6) is 11.5 Å². The van der Waals surface area contributed by atoms with Crippen LogP contribution in [0.3, 0.4) is 0 Å². The number of nitrogens with zero attached hydrogens (tertiary/aromatic N) is 2. The third kappa shape index (κ3) is 6.22. The molecule has 1 saturated heterocycles. The molecule has 6 nitrogen and oxygen atoms in total. The van der Waals surface area contributed by atoms with E-state index in [2.05, 4.69) is 28.4 Å². The maximum atomic E-state index is 13.0. The van der Waals surface area contributed by atoms with Crippen LogP contribution >= 0.6 is 0 Å². The number of hydrogen-bond donors (Lipinski definition) is 1. The van der Waals surface area contributed by atoms with Crippen molar-refractivity contribution in [2.75, 3.05) is 20.2 Å². The van der Waals surface area contributed by atoms with Crippen molar-refractivity contribution >= 4 is 5.91 Å². The van der Waals surface area contributed by atoms with Crippen LogP contribution in [0.1, 0.15) is 37.8 Å². The molecule has 3 rings (SSSR count). The predicted octanol–water partition coefficient (Wildman–Crippen LogP) is 3.75. The summed E-state index contributed by atoms with van der Waals surface area (Å²) in [4.78, 5) is 15.4. The van der Waals surface area contributed by atoms with Gasteiger partial charge in [-0.1, -0.05) is 38.1 Å². The minimum absolute atomic E-state index is 0.0140. The Morgan fingerprint density at radius 3 is 2.61 bits per heavy atom. The van der Waals surface area contributed by atoms with Gasteiger partial charge in [-0.05, 0) is 48.6 Å². The number of carbonyl (C=O) groups excluding carboxylic acids is 1. The van der Waals surface area contributed by atoms with Crippen molar-refractivity contribution in [1.29, 1.82) is 5.26 Å². The summed E-state index contributed by atoms with van der Waals surface area (Å²) in [5.41, 5.74) is 1.66. The van der Waals surface area contributed by atoms with Crippen molar-refractivity contribution in [2.45, 2.75) is 45.4 Å². The molecule has 1 aliphatic rings. The largest absolute Gasteiger partial charge is 0.497 e. The molecule has 6 heteroatoms. The average Bonchev–Trinajstić information content (AvgIpc) is 2.78. The minimum Gasteiger partial charge on any atom is -0.497 e. The van der Waals surface area contributed by atoms with Gasteiger partial charge in [-0.3, -0.25) is 9.69 Å². The average molecular weight is 422 g/mol. The fraction of sp³-hybridized carbons (Fsp3) is 0.440. The fourth-order valence-electron chi connectivity index (χ4n) is 3.84. The topological polar surface area (TPSA) is 74.6 Å². The van der Waals surface area contributed by atoms with Crippen molar-refractivity contribution in [1.82, 2.24) is 10.2 Å². The Labute approximate surface area is 184 Å². The minimum atomic E-state index is -0.635. The highest BCUT2D eigenvalue weighted by molar-refractivity contribution is 5.81. The second-order valence-corrected chi connectivity index (χ2v) is 8.30. The fourth-order valence-corrected chi connectivity index (χ4v) is 3.84. The zero-order chi connectivity index (χ0) is 22.2. The number of benzene rings is 2. The van der Waals surface area contributed by atoms with E-state index in [1.165, 1.54) is 5.56 Å². The summed E-state index contributed by atoms with van der Waals surface area (Å²) in [7, 11) is 1.68. The Morgan fingerprint density at radius 2 is 1.94 bits per heavy atom. The number of methoxy groups -OCH3 is 1. The van der Waals surface area contributed by atoms with Crippen LogP contribution in [0.2, 0.25) is 0 Å². The zero-order valence-corrected chi connectivity index (χ0v) is 18.5. The molecule has 1 N–H and O–H groups in total. The summed E-state index contributed by atoms with van der Waals surface area (Å²) < 4.78 is 11.3. The second-order valence-electron chi connectivity index (χ2n) is 8.30. The number of carbonyl (C=O) groups is 1. The molecule has 1 unspecified atom stereocenters. The lowest BCUT2D eigenvalue weighted by Crippen LogP contribution is -2.50. The van der Waals surface area contributed by atoms with Gasteiger partial charge in [0.2, 0.25) is 0 Å². The van der Waals surface area contributed by atoms with E-state index in [1.807, 2.05) is 32.0 Å². The molecule has 0 aromatic heterocycles. The molecule has 1 heterocycles. The first-order valence-electron chi connectivity index (χ1n) is 10.8. The molecule has 0 spiro atoms. The SMILES string of the molecule is COc1cccc(CN2CCC(NC(=O)C(Oc3ccccc3C#N)C(C)C)CC2)c1. The van der Waals surface area contributed by atoms with E-state index in [4.69, 9.17) is 9.47 Å². The summed E-state index contributed by atoms with van der Waals surface area (Å²) in [6.07, 6.45) is 1.16. The molecule has 0 aliphatic carbocycles. The molecule has 1 aliphatic heterocycles. The summed E-state index contributed by atoms with van der Waals surface area (Å²) in [6, 6.07) is 17.4. The molecule has 164 valence electrons. The molecule has 2 aromatic carbocycles. The monoisotopic (exact) mass is 421 g/mol. The van der Waals surface area contributed by atoms with Crippen LogP contribution in [-0.4, -0.2) is 43.2 Å². The third-order valence-electron chi connectivity index (χ3n) is 5.60. The molecule has 31 heavy (non-hydrogen) atoms. The lowest BCUT2D eigenvalue weighted by atomic mass is 10.0. The number of ether oxygens (including phenoxy) is 2. The highest BCUT2D eigenvalue weighted by Crippen LogP contribution is 2.22. The van der Waals surface area contributed by atoms with Crippen molar-refractivity contribution in [3.8, 4) is 17.6 Å². The molecular weight excluding hydrogens is 390 g/mol. The highest BCUT2D eigenvalue weighted by Gasteiger charge is 2.28. The molecule has 0 saturated carbocycles. The van der Waals surface area contributed by atoms with Gasteiger partial charge in [0.15, 0.2) is 6.10 Å². The summed E-state index contributed by atoms with van der Waals surface area (Å²) >= 11 is 0. The van der Waals surface area contributed by atoms with Gasteiger partial charge < -0.3 is 14.8 Å². The Kier molecular flexibility index (Phi) is 7.91. The molecule has 0 radical (unpaired) electrons. The highest BCUT2D eigenvalue weighted by atomic mass is 16.5. The standard InChI is InChI=1S/C25H31N3O3/c1-18(2)24(31-23-10-5-4-8-20(23)16-26)25(29)27-21-11-13-28(14-12-21)17-19-7-6-9-22(15-19)30-3/h4-10,15,18,21,24H,11-14,17H2,1-3H3,(H,27,29). The van der Waals surface area contributed by atoms with E-state index in [1.54, 1.807) is 25.3 Å². The first kappa shape index (κ1) is 22.6. The number of nitrogens with one attached hydrogen (secondary N) is 1. The van der Waals surface area contributed by atoms with Gasteiger partial charge in [0.05, 0.1) is 12.7 Å². The third-order valence-corrected chi connectivity index (χ3v) is 5.60. The van der Waals surface area contributed by atoms with Crippen LogP contribution in [0.25, 0.3) is 0 Å². The Bertz CT molecular complexity index is 914. The normalized spacial score (nSPS) is 15.8. The Hall–Kier alpha value is -3.04. The number of likely N-dealkylation sites (tertiary alicyclic amines) is 1. The van der Waals surface area contributed by atoms with Gasteiger partial charge in [0.25, 0.3) is 5.91 Å². The van der Waals surface area contributed by atoms with E-state index in [0.29, 0.717) is 11.3 Å². The van der Waals surface area contributed by atoms with Gasteiger partial charge in [0.1, 0.15) is 17.6 Å². The van der Waals surface area contributed by atoms with Gasteiger partial charge in [0, 0.05) is 25.7 Å². The van der Waals surface area contributed by atoms with Crippen LogP contribution in [-0.2, 0) is 11.3 Å². The van der Waals surface area contributed by atoms with E-state index in [-0.39, 0.29) is 17.9 Å². The smallest absolute Gasteiger partial charge is 0.261 e. The molecular formula is C25H31N3O3. The Balaban J connectivity index is 1.53. The van der Waals surface area contributed by atoms with E-state index in [0.717, 1.165) is 38.2 Å². The van der Waals surface area contributed by atoms with Gasteiger partial charge in [-0.15, -0.1) is 0 Å². The van der Waals surface area contributed by atoms with Crippen molar-refractivity contribution in [2.24, 2.45) is 5.92 Å². The second kappa shape index (κ2) is 10.8. The predicted molar refractivity (Wildman–Crippen MR) is 120 cm³/mol. The maximum absolute atomic E-state index is 13.0. The number of nitriles is 1. The van der Waals surface area contributed by atoms with Crippen molar-refractivity contribution < 1.29 is 14.3 Å². The van der Waals surface area contributed by atoms with Crippen molar-refractivity contribution in [3.05, 3.63) is 59.7 Å². The number of hydrogen-bond acceptors (Lipinski definition) is 5. The first-order valence-corrected chi connectivity index (χ1v) is 10.8. The maximum Gasteiger partial charge on any atom is 0.261 e. The van der Waals surface area contributed by atoms with Gasteiger partial charge in [-0.25, -0.2) is 0 Å². The first-order chi connectivity index (χ1) is 15.0. The van der Waals surface area contributed by atoms with E-state index >= 15 is 0 Å². The van der Waals surface area contributed by atoms with E-state index < -0.39 is 6.10 Å². The van der Waals surface area contributed by atoms with Gasteiger partial charge >= 0.3 is 0 Å². The summed E-state index contributed by atoms with van der Waals surface area (Å²) in [6.45, 7) is 6.63. The summed E-state index contributed by atoms with van der Waals surface area (Å²) in [5.74, 6) is 1.19. The Morgan fingerprint density at radius 1 is 1.19 bits per heavy atom. The zero-order valence-electron chi connectivity index (χ0n) is 18.5. The molecule has 0 bridgehead atoms. The summed E-state index contributed by atoms with van der Waals surface area (Å²) in [5, 5.41) is 12.5. The van der Waals surface area contributed by atoms with Gasteiger partial charge in [-0.2, -0.15) is 5.26 Å². The number of amides is 1. The molecule has 1 atom stereocenters. The van der Waals surface area contributed by atoms with Crippen molar-refractivity contribution in [3.63, 3.8) is 0 Å². The molecule has 2 aromatic rings. The number of piperidine rings is 1. The van der Waals surface area contributed by atoms with Crippen LogP contribution in [0.15, 0.2) is 48.5 Å². The lowest BCUT2D eigenvalue weighted by Gasteiger charge is -2.33.